The number of nitrogens with two attached hydrogens (primary N) is 1. The molecule has 39 heavy (non-hydrogen) atoms. The molecule has 0 spiro atoms. The minimum Gasteiger partial charge on any atom is -0.478 e. The minimum atomic E-state index is -0.957. The summed E-state index contributed by atoms with van der Waals surface area (Å²) in [5.74, 6) is 0.135. The van der Waals surface area contributed by atoms with Crippen LogP contribution in [0.15, 0.2) is 45.8 Å². The number of benzene rings is 2. The Morgan fingerprint density at radius 3 is 2.54 bits per heavy atom. The molecule has 1 aliphatic heterocycles. The summed E-state index contributed by atoms with van der Waals surface area (Å²) in [5, 5.41) is 10.3. The number of ketones is 1. The Morgan fingerprint density at radius 2 is 1.95 bits per heavy atom. The smallest absolute Gasteiger partial charge is 0.335 e. The van der Waals surface area contributed by atoms with Gasteiger partial charge < -0.3 is 15.6 Å². The molecule has 0 radical (unpaired) electrons. The van der Waals surface area contributed by atoms with E-state index in [1.165, 1.54) is 0 Å². The SMILES string of the molecule is C=Nc1c(C)cc(C(=O)O)cc1SCN1C[C@@H]2C[C@H]1C[C@H]2OCC(C(=O)C1CC1)=C(N)c1c(Cl)cccc1Cl. The van der Waals surface area contributed by atoms with Crippen molar-refractivity contribution in [3.63, 3.8) is 0 Å². The molecule has 7 nitrogen and oxygen atoms in total. The maximum absolute atomic E-state index is 13.2. The number of carbonyl (C=O) groups is 2. The molecule has 1 heterocycles. The Morgan fingerprint density at radius 1 is 1.23 bits per heavy atom. The lowest BCUT2D eigenvalue weighted by atomic mass is 10.0. The summed E-state index contributed by atoms with van der Waals surface area (Å²) >= 11 is 14.4. The number of Topliss-reactive ketones (excluding diaryl/α,β-unsaturated/α-hetero) is 1. The van der Waals surface area contributed by atoms with Crippen LogP contribution in [0.25, 0.3) is 5.70 Å². The second kappa shape index (κ2) is 11.6. The van der Waals surface area contributed by atoms with Crippen molar-refractivity contribution in [2.24, 2.45) is 22.6 Å². The predicted octanol–water partition coefficient (Wildman–Crippen LogP) is 6.21. The quantitative estimate of drug-likeness (QED) is 0.183. The summed E-state index contributed by atoms with van der Waals surface area (Å²) in [5.41, 5.74) is 9.52. The summed E-state index contributed by atoms with van der Waals surface area (Å²) in [6.07, 6.45) is 3.66. The summed E-state index contributed by atoms with van der Waals surface area (Å²) in [4.78, 5) is 32.1. The van der Waals surface area contributed by atoms with Crippen molar-refractivity contribution in [1.29, 1.82) is 0 Å². The maximum Gasteiger partial charge on any atom is 0.335 e. The number of carbonyl (C=O) groups excluding carboxylic acids is 1. The molecule has 206 valence electrons. The number of aromatic carboxylic acids is 1. The first kappa shape index (κ1) is 28.2. The van der Waals surface area contributed by atoms with Gasteiger partial charge in [0.1, 0.15) is 0 Å². The van der Waals surface area contributed by atoms with Gasteiger partial charge in [0.25, 0.3) is 0 Å². The summed E-state index contributed by atoms with van der Waals surface area (Å²) in [6, 6.07) is 8.83. The molecule has 2 aliphatic carbocycles. The van der Waals surface area contributed by atoms with Crippen LogP contribution in [0, 0.1) is 18.8 Å². The van der Waals surface area contributed by atoms with Crippen LogP contribution in [-0.4, -0.2) is 59.7 Å². The highest BCUT2D eigenvalue weighted by Crippen LogP contribution is 2.43. The zero-order valence-electron chi connectivity index (χ0n) is 21.7. The zero-order valence-corrected chi connectivity index (χ0v) is 24.0. The fraction of sp³-hybridized carbons (Fsp3) is 0.414. The molecule has 3 aliphatic rings. The van der Waals surface area contributed by atoms with Gasteiger partial charge in [-0.2, -0.15) is 0 Å². The Labute approximate surface area is 242 Å². The van der Waals surface area contributed by atoms with Crippen LogP contribution in [0.3, 0.4) is 0 Å². The fourth-order valence-electron chi connectivity index (χ4n) is 5.67. The number of aryl methyl sites for hydroxylation is 1. The molecule has 1 saturated heterocycles. The number of aliphatic imine (C=N–C) groups is 1. The third-order valence-corrected chi connectivity index (χ3v) is 9.60. The maximum atomic E-state index is 13.2. The number of carboxylic acid groups (broad SMARTS) is 1. The van der Waals surface area contributed by atoms with E-state index in [2.05, 4.69) is 16.6 Å². The first-order chi connectivity index (χ1) is 18.7. The monoisotopic (exact) mass is 587 g/mol. The molecule has 0 aromatic heterocycles. The van der Waals surface area contributed by atoms with Crippen molar-refractivity contribution in [2.75, 3.05) is 19.0 Å². The normalized spacial score (nSPS) is 23.1. The van der Waals surface area contributed by atoms with E-state index >= 15 is 0 Å². The fourth-order valence-corrected chi connectivity index (χ4v) is 7.46. The van der Waals surface area contributed by atoms with Crippen molar-refractivity contribution < 1.29 is 19.4 Å². The van der Waals surface area contributed by atoms with Crippen LogP contribution in [0.4, 0.5) is 5.69 Å². The topological polar surface area (TPSA) is 105 Å². The van der Waals surface area contributed by atoms with Gasteiger partial charge in [-0.25, -0.2) is 4.79 Å². The van der Waals surface area contributed by atoms with Gasteiger partial charge in [0, 0.05) is 40.4 Å². The van der Waals surface area contributed by atoms with Gasteiger partial charge in [0.2, 0.25) is 0 Å². The van der Waals surface area contributed by atoms with Gasteiger partial charge in [-0.15, -0.1) is 11.8 Å². The first-order valence-corrected chi connectivity index (χ1v) is 14.7. The molecule has 3 N–H and O–H groups in total. The zero-order chi connectivity index (χ0) is 27.8. The standard InChI is InChI=1S/C29H31Cl2N3O4S/c1-15-8-17(29(36)37)10-24(27(15)33-2)39-14-34-12-18-9-19(34)11-23(18)38-13-20(28(35)16-6-7-16)26(32)25-21(30)4-3-5-22(25)31/h3-5,8,10,16,18-19,23H,2,6-7,9,11-14,32H2,1H3,(H,36,37)/t18-,19-,23+/m0/s1. The number of piperidine rings is 1. The van der Waals surface area contributed by atoms with E-state index in [0.29, 0.717) is 38.8 Å². The predicted molar refractivity (Wildman–Crippen MR) is 156 cm³/mol. The molecule has 3 atom stereocenters. The second-order valence-electron chi connectivity index (χ2n) is 10.5. The van der Waals surface area contributed by atoms with Gasteiger partial charge in [-0.05, 0) is 75.1 Å². The number of carboxylic acids is 1. The molecular weight excluding hydrogens is 557 g/mol. The summed E-state index contributed by atoms with van der Waals surface area (Å²) in [6.45, 7) is 6.53. The second-order valence-corrected chi connectivity index (χ2v) is 12.3. The van der Waals surface area contributed by atoms with Crippen molar-refractivity contribution >= 4 is 64.8 Å². The molecule has 2 saturated carbocycles. The van der Waals surface area contributed by atoms with Crippen molar-refractivity contribution in [2.45, 2.75) is 49.6 Å². The average Bonchev–Trinajstić information content (AvgIpc) is 3.57. The number of nitrogens with zero attached hydrogens (tertiary/aromatic N) is 2. The van der Waals surface area contributed by atoms with Crippen LogP contribution >= 0.6 is 35.0 Å². The number of rotatable bonds is 11. The minimum absolute atomic E-state index is 0.00540. The lowest BCUT2D eigenvalue weighted by Crippen LogP contribution is -2.38. The van der Waals surface area contributed by atoms with Crippen LogP contribution < -0.4 is 5.73 Å². The largest absolute Gasteiger partial charge is 0.478 e. The highest BCUT2D eigenvalue weighted by molar-refractivity contribution is 7.99. The molecule has 10 heteroatoms. The highest BCUT2D eigenvalue weighted by Gasteiger charge is 2.45. The van der Waals surface area contributed by atoms with E-state index in [4.69, 9.17) is 33.7 Å². The number of halogens is 2. The van der Waals surface area contributed by atoms with Gasteiger partial charge in [-0.1, -0.05) is 29.3 Å². The Bertz CT molecular complexity index is 1340. The lowest BCUT2D eigenvalue weighted by Gasteiger charge is -2.31. The van der Waals surface area contributed by atoms with E-state index in [9.17, 15) is 14.7 Å². The average molecular weight is 589 g/mol. The van der Waals surface area contributed by atoms with E-state index in [1.54, 1.807) is 42.1 Å². The number of fused-ring (bicyclic) bond motifs is 2. The van der Waals surface area contributed by atoms with Crippen molar-refractivity contribution in [1.82, 2.24) is 4.90 Å². The van der Waals surface area contributed by atoms with Gasteiger partial charge >= 0.3 is 5.97 Å². The molecule has 3 fully saturated rings. The van der Waals surface area contributed by atoms with Crippen LogP contribution in [0.5, 0.6) is 0 Å². The molecule has 2 aromatic carbocycles. The highest BCUT2D eigenvalue weighted by atomic mass is 35.5. The third-order valence-electron chi connectivity index (χ3n) is 7.89. The molecule has 0 amide bonds. The van der Waals surface area contributed by atoms with E-state index in [0.717, 1.165) is 54.3 Å². The number of hydrogen-bond donors (Lipinski definition) is 2. The number of thioether (sulfide) groups is 1. The molecule has 5 rings (SSSR count). The van der Waals surface area contributed by atoms with Crippen LogP contribution in [-0.2, 0) is 9.53 Å². The van der Waals surface area contributed by atoms with Crippen LogP contribution in [0.1, 0.15) is 47.2 Å². The summed E-state index contributed by atoms with van der Waals surface area (Å²) in [7, 11) is 0. The summed E-state index contributed by atoms with van der Waals surface area (Å²) < 4.78 is 6.36. The Balaban J connectivity index is 1.24. The van der Waals surface area contributed by atoms with Gasteiger partial charge in [0.15, 0.2) is 5.78 Å². The lowest BCUT2D eigenvalue weighted by molar-refractivity contribution is -0.117. The van der Waals surface area contributed by atoms with E-state index in [-0.39, 0.29) is 30.0 Å². The van der Waals surface area contributed by atoms with Gasteiger partial charge in [-0.3, -0.25) is 14.7 Å². The molecular formula is C29H31Cl2N3O4S. The Kier molecular flexibility index (Phi) is 8.40. The molecule has 2 aromatic rings. The third kappa shape index (κ3) is 5.91. The number of ether oxygens (including phenoxy) is 1. The molecule has 2 bridgehead atoms. The first-order valence-electron chi connectivity index (χ1n) is 13.0. The van der Waals surface area contributed by atoms with E-state index < -0.39 is 5.97 Å². The number of likely N-dealkylation sites (tertiary alicyclic amines) is 1. The Hall–Kier alpha value is -2.36. The molecule has 0 unspecified atom stereocenters. The van der Waals surface area contributed by atoms with Crippen molar-refractivity contribution in [3.05, 3.63) is 62.6 Å². The van der Waals surface area contributed by atoms with Crippen molar-refractivity contribution in [3.8, 4) is 0 Å². The van der Waals surface area contributed by atoms with Gasteiger partial charge in [0.05, 0.1) is 39.7 Å². The number of hydrogen-bond acceptors (Lipinski definition) is 7. The van der Waals surface area contributed by atoms with E-state index in [1.807, 2.05) is 6.92 Å². The van der Waals surface area contributed by atoms with Crippen LogP contribution in [0.2, 0.25) is 10.0 Å².